The fraction of sp³-hybridized carbons (Fsp3) is 0.100. The van der Waals surface area contributed by atoms with Crippen LogP contribution in [0.1, 0.15) is 5.56 Å². The summed E-state index contributed by atoms with van der Waals surface area (Å²) in [6.45, 7) is 2.01. The number of hydrogen-bond donors (Lipinski definition) is 1. The number of benzene rings is 1. The quantitative estimate of drug-likeness (QED) is 0.702. The number of nitrogens with zero attached hydrogens (tertiary/aromatic N) is 1. The monoisotopic (exact) mass is 190 g/mol. The normalized spacial score (nSPS) is 10.2. The molecule has 0 spiro atoms. The first-order valence-electron chi connectivity index (χ1n) is 4.04. The zero-order valence-corrected chi connectivity index (χ0v) is 8.14. The van der Waals surface area contributed by atoms with Crippen LogP contribution in [0.3, 0.4) is 0 Å². The van der Waals surface area contributed by atoms with Crippen molar-refractivity contribution in [3.8, 4) is 10.4 Å². The van der Waals surface area contributed by atoms with E-state index in [-0.39, 0.29) is 0 Å². The number of aryl methyl sites for hydroxylation is 1. The van der Waals surface area contributed by atoms with Gasteiger partial charge in [-0.25, -0.2) is 4.37 Å². The van der Waals surface area contributed by atoms with Crippen molar-refractivity contribution in [1.82, 2.24) is 4.37 Å². The lowest BCUT2D eigenvalue weighted by atomic mass is 10.1. The molecule has 0 saturated carbocycles. The molecule has 0 aliphatic carbocycles. The van der Waals surface area contributed by atoms with Gasteiger partial charge < -0.3 is 5.73 Å². The minimum absolute atomic E-state index is 0.841. The third-order valence-corrected chi connectivity index (χ3v) is 2.79. The molecule has 1 aromatic heterocycles. The van der Waals surface area contributed by atoms with Gasteiger partial charge in [0.15, 0.2) is 0 Å². The van der Waals surface area contributed by atoms with Gasteiger partial charge in [-0.2, -0.15) is 0 Å². The zero-order valence-electron chi connectivity index (χ0n) is 7.32. The fourth-order valence-electron chi connectivity index (χ4n) is 1.19. The molecule has 66 valence electrons. The number of rotatable bonds is 1. The summed E-state index contributed by atoms with van der Waals surface area (Å²) in [5, 5.41) is 0. The molecule has 0 bridgehead atoms. The van der Waals surface area contributed by atoms with Crippen molar-refractivity contribution in [2.75, 3.05) is 5.73 Å². The summed E-state index contributed by atoms with van der Waals surface area (Å²) < 4.78 is 4.06. The van der Waals surface area contributed by atoms with Gasteiger partial charge in [0.05, 0.1) is 4.88 Å². The molecule has 2 nitrogen and oxygen atoms in total. The molecule has 1 aromatic carbocycles. The lowest BCUT2D eigenvalue weighted by Gasteiger charge is -2.01. The molecule has 1 heterocycles. The number of nitrogen functional groups attached to an aromatic ring is 1. The van der Waals surface area contributed by atoms with E-state index in [0.717, 1.165) is 11.3 Å². The summed E-state index contributed by atoms with van der Waals surface area (Å²) in [5.41, 5.74) is 8.88. The van der Waals surface area contributed by atoms with Crippen LogP contribution >= 0.6 is 11.5 Å². The maximum atomic E-state index is 5.73. The first kappa shape index (κ1) is 8.26. The highest BCUT2D eigenvalue weighted by atomic mass is 32.1. The fourth-order valence-corrected chi connectivity index (χ4v) is 1.78. The molecule has 2 aromatic rings. The van der Waals surface area contributed by atoms with Crippen molar-refractivity contribution >= 4 is 17.2 Å². The third kappa shape index (κ3) is 1.55. The Morgan fingerprint density at radius 1 is 1.31 bits per heavy atom. The van der Waals surface area contributed by atoms with E-state index in [2.05, 4.69) is 10.4 Å². The molecule has 3 heteroatoms. The second-order valence-electron chi connectivity index (χ2n) is 2.95. The van der Waals surface area contributed by atoms with E-state index in [9.17, 15) is 0 Å². The molecule has 13 heavy (non-hydrogen) atoms. The first-order chi connectivity index (χ1) is 6.27. The molecular formula is C10H10N2S. The second-order valence-corrected chi connectivity index (χ2v) is 3.78. The zero-order chi connectivity index (χ0) is 9.26. The van der Waals surface area contributed by atoms with E-state index in [1.807, 2.05) is 31.3 Å². The van der Waals surface area contributed by atoms with Crippen molar-refractivity contribution < 1.29 is 0 Å². The number of aromatic nitrogens is 1. The molecular weight excluding hydrogens is 180 g/mol. The minimum atomic E-state index is 0.841. The summed E-state index contributed by atoms with van der Waals surface area (Å²) in [7, 11) is 0. The van der Waals surface area contributed by atoms with Gasteiger partial charge in [-0.3, -0.25) is 0 Å². The van der Waals surface area contributed by atoms with Gasteiger partial charge in [0.2, 0.25) is 0 Å². The largest absolute Gasteiger partial charge is 0.399 e. The summed E-state index contributed by atoms with van der Waals surface area (Å²) in [6.07, 6.45) is 1.81. The Morgan fingerprint density at radius 3 is 2.77 bits per heavy atom. The second kappa shape index (κ2) is 3.18. The average molecular weight is 190 g/mol. The predicted octanol–water partition coefficient (Wildman–Crippen LogP) is 2.70. The summed E-state index contributed by atoms with van der Waals surface area (Å²) in [5.74, 6) is 0. The van der Waals surface area contributed by atoms with Gasteiger partial charge >= 0.3 is 0 Å². The van der Waals surface area contributed by atoms with Crippen LogP contribution in [-0.2, 0) is 0 Å². The van der Waals surface area contributed by atoms with Crippen molar-refractivity contribution in [3.63, 3.8) is 0 Å². The van der Waals surface area contributed by atoms with E-state index in [0.29, 0.717) is 0 Å². The Bertz CT molecular complexity index is 407. The van der Waals surface area contributed by atoms with E-state index in [4.69, 9.17) is 5.73 Å². The molecule has 0 atom stereocenters. The highest BCUT2D eigenvalue weighted by molar-refractivity contribution is 7.09. The molecule has 2 N–H and O–H groups in total. The van der Waals surface area contributed by atoms with Gasteiger partial charge in [0.25, 0.3) is 0 Å². The van der Waals surface area contributed by atoms with Crippen LogP contribution < -0.4 is 5.73 Å². The average Bonchev–Trinajstić information content (AvgIpc) is 2.62. The van der Waals surface area contributed by atoms with Crippen LogP contribution in [0.2, 0.25) is 0 Å². The Balaban J connectivity index is 2.49. The van der Waals surface area contributed by atoms with Crippen molar-refractivity contribution in [2.45, 2.75) is 6.92 Å². The van der Waals surface area contributed by atoms with Gasteiger partial charge in [-0.1, -0.05) is 6.07 Å². The number of hydrogen-bond acceptors (Lipinski definition) is 3. The van der Waals surface area contributed by atoms with Crippen LogP contribution in [0.5, 0.6) is 0 Å². The Morgan fingerprint density at radius 2 is 2.15 bits per heavy atom. The van der Waals surface area contributed by atoms with Gasteiger partial charge in [0, 0.05) is 11.9 Å². The van der Waals surface area contributed by atoms with Crippen LogP contribution in [-0.4, -0.2) is 4.37 Å². The maximum Gasteiger partial charge on any atom is 0.0549 e. The Labute approximate surface area is 81.2 Å². The topological polar surface area (TPSA) is 38.9 Å². The smallest absolute Gasteiger partial charge is 0.0549 e. The molecule has 0 saturated heterocycles. The van der Waals surface area contributed by atoms with Crippen molar-refractivity contribution in [2.24, 2.45) is 0 Å². The molecule has 0 amide bonds. The molecule has 0 fully saturated rings. The minimum Gasteiger partial charge on any atom is -0.399 e. The third-order valence-electron chi connectivity index (χ3n) is 1.99. The SMILES string of the molecule is Cc1cc(-c2ccns2)ccc1N. The van der Waals surface area contributed by atoms with E-state index in [1.54, 1.807) is 0 Å². The van der Waals surface area contributed by atoms with Gasteiger partial charge in [-0.15, -0.1) is 0 Å². The van der Waals surface area contributed by atoms with Crippen molar-refractivity contribution in [3.05, 3.63) is 36.0 Å². The summed E-state index contributed by atoms with van der Waals surface area (Å²) in [6, 6.07) is 8.05. The number of nitrogens with two attached hydrogens (primary N) is 1. The van der Waals surface area contributed by atoms with Crippen LogP contribution in [0.15, 0.2) is 30.5 Å². The van der Waals surface area contributed by atoms with E-state index in [1.165, 1.54) is 22.0 Å². The number of anilines is 1. The lowest BCUT2D eigenvalue weighted by molar-refractivity contribution is 1.47. The standard InChI is InChI=1S/C10H10N2S/c1-7-6-8(2-3-9(7)11)10-4-5-12-13-10/h2-6H,11H2,1H3. The highest BCUT2D eigenvalue weighted by Gasteiger charge is 2.00. The van der Waals surface area contributed by atoms with Crippen LogP contribution in [0.4, 0.5) is 5.69 Å². The molecule has 2 rings (SSSR count). The van der Waals surface area contributed by atoms with Gasteiger partial charge in [0.1, 0.15) is 0 Å². The predicted molar refractivity (Wildman–Crippen MR) is 56.7 cm³/mol. The van der Waals surface area contributed by atoms with E-state index >= 15 is 0 Å². The molecule has 0 aliphatic heterocycles. The highest BCUT2D eigenvalue weighted by Crippen LogP contribution is 2.25. The maximum absolute atomic E-state index is 5.73. The Hall–Kier alpha value is -1.35. The molecule has 0 unspecified atom stereocenters. The van der Waals surface area contributed by atoms with Crippen molar-refractivity contribution in [1.29, 1.82) is 0 Å². The first-order valence-corrected chi connectivity index (χ1v) is 4.82. The summed E-state index contributed by atoms with van der Waals surface area (Å²) >= 11 is 1.50. The summed E-state index contributed by atoms with van der Waals surface area (Å²) in [4.78, 5) is 1.18. The molecule has 0 aliphatic rings. The van der Waals surface area contributed by atoms with Gasteiger partial charge in [-0.05, 0) is 47.8 Å². The lowest BCUT2D eigenvalue weighted by Crippen LogP contribution is -1.88. The Kier molecular flexibility index (Phi) is 2.02. The van der Waals surface area contributed by atoms with E-state index < -0.39 is 0 Å². The van der Waals surface area contributed by atoms with Crippen LogP contribution in [0, 0.1) is 6.92 Å². The van der Waals surface area contributed by atoms with Crippen LogP contribution in [0.25, 0.3) is 10.4 Å². The molecule has 0 radical (unpaired) electrons.